The van der Waals surface area contributed by atoms with E-state index < -0.39 is 45.1 Å². The highest BCUT2D eigenvalue weighted by Gasteiger charge is 2.45. The highest BCUT2D eigenvalue weighted by atomic mass is 35.5. The molecule has 6 atom stereocenters. The minimum Gasteiger partial charge on any atom is -0.490 e. The van der Waals surface area contributed by atoms with Crippen LogP contribution in [-0.2, 0) is 36.1 Å². The molecule has 0 aromatic heterocycles. The summed E-state index contributed by atoms with van der Waals surface area (Å²) in [5.74, 6) is -1.15. The van der Waals surface area contributed by atoms with Gasteiger partial charge in [0.25, 0.3) is 5.91 Å². The maximum absolute atomic E-state index is 16.5. The predicted octanol–water partition coefficient (Wildman–Crippen LogP) is 5.28. The molecule has 0 saturated carbocycles. The van der Waals surface area contributed by atoms with Gasteiger partial charge in [-0.15, -0.1) is 0 Å². The molecule has 2 saturated heterocycles. The number of sulfonamides is 1. The second-order valence-corrected chi connectivity index (χ2v) is 17.4. The second-order valence-electron chi connectivity index (χ2n) is 14.9. The van der Waals surface area contributed by atoms with Crippen molar-refractivity contribution in [2.24, 2.45) is 11.8 Å². The maximum atomic E-state index is 16.5. The molecule has 51 heavy (non-hydrogen) atoms. The average molecular weight is 746 g/mol. The number of benzene rings is 2. The molecule has 0 radical (unpaired) electrons. The molecule has 278 valence electrons. The standard InChI is InChI=1S/C38H49ClFN3O7S/c1-25-5-9-32(40)36(49-19-15-42-13-17-47-18-14-42)35-29(11-16-48-35)22-43-23-38(12-3-4-27-20-30(39)7-8-31(27)38)24-50-34-10-6-28(21-33(34)43)37(44)41-51(45,46)26(25)2/h6-10,20-21,25-26,29,35-36H,3-5,11-19,22-24H2,1-2H3,(H,41,44)/b32-9-/t25-,26+,29-,35+,36-,38-/m0/s1. The van der Waals surface area contributed by atoms with Crippen molar-refractivity contribution in [2.45, 2.75) is 68.8 Å². The van der Waals surface area contributed by atoms with Crippen LogP contribution in [0.5, 0.6) is 5.75 Å². The Morgan fingerprint density at radius 2 is 1.94 bits per heavy atom. The number of allylic oxidation sites excluding steroid dienone is 1. The first kappa shape index (κ1) is 36.6. The Hall–Kier alpha value is -2.74. The second kappa shape index (κ2) is 15.3. The third-order valence-corrected chi connectivity index (χ3v) is 13.8. The summed E-state index contributed by atoms with van der Waals surface area (Å²) in [6, 6.07) is 11.2. The highest BCUT2D eigenvalue weighted by molar-refractivity contribution is 7.90. The lowest BCUT2D eigenvalue weighted by molar-refractivity contribution is -0.0609. The molecular weight excluding hydrogens is 697 g/mol. The van der Waals surface area contributed by atoms with Gasteiger partial charge in [-0.1, -0.05) is 24.6 Å². The fourth-order valence-electron chi connectivity index (χ4n) is 8.38. The number of anilines is 1. The van der Waals surface area contributed by atoms with Crippen LogP contribution in [0.2, 0.25) is 5.02 Å². The first-order valence-corrected chi connectivity index (χ1v) is 20.2. The number of morpholine rings is 1. The lowest BCUT2D eigenvalue weighted by atomic mass is 9.70. The monoisotopic (exact) mass is 745 g/mol. The number of hydrogen-bond donors (Lipinski definition) is 1. The van der Waals surface area contributed by atoms with E-state index in [1.807, 2.05) is 12.1 Å². The Labute approximate surface area is 305 Å². The highest BCUT2D eigenvalue weighted by Crippen LogP contribution is 2.45. The number of amides is 1. The Morgan fingerprint density at radius 3 is 2.76 bits per heavy atom. The van der Waals surface area contributed by atoms with Gasteiger partial charge < -0.3 is 23.8 Å². The molecule has 0 unspecified atom stereocenters. The summed E-state index contributed by atoms with van der Waals surface area (Å²) in [5.41, 5.74) is 2.94. The smallest absolute Gasteiger partial charge is 0.264 e. The van der Waals surface area contributed by atoms with E-state index in [0.717, 1.165) is 32.4 Å². The van der Waals surface area contributed by atoms with Crippen LogP contribution < -0.4 is 14.4 Å². The normalized spacial score (nSPS) is 32.5. The fourth-order valence-corrected chi connectivity index (χ4v) is 9.86. The molecule has 2 bridgehead atoms. The number of carbonyl (C=O) groups is 1. The number of hydrogen-bond acceptors (Lipinski definition) is 9. The SMILES string of the molecule is C[C@@H]1[C@@H](C)C/C=C(\F)[C@H](OCCN2CCOCC2)[C@@H]2OCC[C@H]2CN2C[C@@]3(CCCc4cc(Cl)ccc43)COc3ccc(cc32)C(=O)NS1(=O)=O. The van der Waals surface area contributed by atoms with Gasteiger partial charge in [-0.3, -0.25) is 9.69 Å². The number of halogens is 2. The Morgan fingerprint density at radius 1 is 1.12 bits per heavy atom. The molecular formula is C38H49ClFN3O7S. The van der Waals surface area contributed by atoms with Gasteiger partial charge in [0.15, 0.2) is 0 Å². The molecule has 4 aliphatic heterocycles. The maximum Gasteiger partial charge on any atom is 0.264 e. The summed E-state index contributed by atoms with van der Waals surface area (Å²) >= 11 is 6.45. The average Bonchev–Trinajstić information content (AvgIpc) is 3.51. The molecule has 2 aromatic rings. The van der Waals surface area contributed by atoms with Crippen molar-refractivity contribution in [1.29, 1.82) is 0 Å². The van der Waals surface area contributed by atoms with Gasteiger partial charge in [0, 0.05) is 61.2 Å². The van der Waals surface area contributed by atoms with E-state index in [-0.39, 0.29) is 23.3 Å². The number of fused-ring (bicyclic) bond motifs is 4. The number of carbonyl (C=O) groups excluding carboxylic acids is 1. The lowest BCUT2D eigenvalue weighted by Gasteiger charge is -2.42. The summed E-state index contributed by atoms with van der Waals surface area (Å²) in [6.07, 6.45) is 3.57. The van der Waals surface area contributed by atoms with Crippen LogP contribution in [0.3, 0.4) is 0 Å². The topological polar surface area (TPSA) is 107 Å². The minimum absolute atomic E-state index is 0.101. The van der Waals surface area contributed by atoms with E-state index in [0.29, 0.717) is 75.5 Å². The predicted molar refractivity (Wildman–Crippen MR) is 194 cm³/mol. The van der Waals surface area contributed by atoms with Gasteiger partial charge in [-0.2, -0.15) is 0 Å². The molecule has 1 N–H and O–H groups in total. The summed E-state index contributed by atoms with van der Waals surface area (Å²) in [5, 5.41) is -0.265. The third-order valence-electron chi connectivity index (χ3n) is 11.6. The first-order valence-electron chi connectivity index (χ1n) is 18.3. The third kappa shape index (κ3) is 7.82. The molecule has 10 nitrogen and oxygen atoms in total. The van der Waals surface area contributed by atoms with E-state index in [4.69, 9.17) is 30.5 Å². The quantitative estimate of drug-likeness (QED) is 0.448. The zero-order valence-corrected chi connectivity index (χ0v) is 31.0. The van der Waals surface area contributed by atoms with Crippen molar-refractivity contribution in [3.8, 4) is 5.75 Å². The molecule has 2 aromatic carbocycles. The van der Waals surface area contributed by atoms with Crippen molar-refractivity contribution in [1.82, 2.24) is 9.62 Å². The molecule has 13 heteroatoms. The van der Waals surface area contributed by atoms with Crippen molar-refractivity contribution in [2.75, 3.05) is 70.7 Å². The number of nitrogens with zero attached hydrogens (tertiary/aromatic N) is 2. The zero-order valence-electron chi connectivity index (χ0n) is 29.5. The van der Waals surface area contributed by atoms with E-state index in [1.165, 1.54) is 17.2 Å². The van der Waals surface area contributed by atoms with Gasteiger partial charge in [0.1, 0.15) is 17.7 Å². The van der Waals surface area contributed by atoms with Crippen LogP contribution in [0, 0.1) is 11.8 Å². The molecule has 2 fully saturated rings. The summed E-state index contributed by atoms with van der Waals surface area (Å²) < 4.78 is 70.5. The van der Waals surface area contributed by atoms with E-state index in [2.05, 4.69) is 20.6 Å². The molecule has 1 aliphatic carbocycles. The molecule has 4 heterocycles. The fraction of sp³-hybridized carbons (Fsp3) is 0.605. The Bertz CT molecular complexity index is 1740. The van der Waals surface area contributed by atoms with Gasteiger partial charge in [0.2, 0.25) is 10.0 Å². The van der Waals surface area contributed by atoms with E-state index in [9.17, 15) is 13.2 Å². The van der Waals surface area contributed by atoms with Crippen LogP contribution in [-0.4, -0.2) is 102 Å². The molecule has 7 rings (SSSR count). The molecule has 1 amide bonds. The Balaban J connectivity index is 1.27. The van der Waals surface area contributed by atoms with Crippen LogP contribution in [0.15, 0.2) is 48.3 Å². The van der Waals surface area contributed by atoms with Crippen molar-refractivity contribution >= 4 is 33.2 Å². The summed E-state index contributed by atoms with van der Waals surface area (Å²) in [4.78, 5) is 18.0. The first-order chi connectivity index (χ1) is 24.5. The summed E-state index contributed by atoms with van der Waals surface area (Å²) in [6.45, 7) is 9.13. The zero-order chi connectivity index (χ0) is 35.8. The van der Waals surface area contributed by atoms with Crippen LogP contribution in [0.25, 0.3) is 0 Å². The van der Waals surface area contributed by atoms with Crippen molar-refractivity contribution < 1.29 is 36.6 Å². The largest absolute Gasteiger partial charge is 0.490 e. The van der Waals surface area contributed by atoms with Crippen LogP contribution >= 0.6 is 11.6 Å². The van der Waals surface area contributed by atoms with Crippen molar-refractivity contribution in [3.05, 3.63) is 70.0 Å². The van der Waals surface area contributed by atoms with Crippen LogP contribution in [0.1, 0.15) is 61.0 Å². The number of rotatable bonds is 4. The Kier molecular flexibility index (Phi) is 11.0. The molecule has 5 aliphatic rings. The van der Waals surface area contributed by atoms with E-state index >= 15 is 4.39 Å². The van der Waals surface area contributed by atoms with Gasteiger partial charge in [-0.25, -0.2) is 17.5 Å². The number of ether oxygens (including phenoxy) is 4. The van der Waals surface area contributed by atoms with Gasteiger partial charge in [-0.05, 0) is 92.5 Å². The minimum atomic E-state index is -4.09. The van der Waals surface area contributed by atoms with Crippen LogP contribution in [0.4, 0.5) is 10.1 Å². The number of aryl methyl sites for hydroxylation is 1. The van der Waals surface area contributed by atoms with Gasteiger partial charge in [0.05, 0.1) is 43.5 Å². The lowest BCUT2D eigenvalue weighted by Crippen LogP contribution is -2.48. The van der Waals surface area contributed by atoms with Gasteiger partial charge >= 0.3 is 0 Å². The number of nitrogens with one attached hydrogen (secondary N) is 1. The van der Waals surface area contributed by atoms with Crippen molar-refractivity contribution in [3.63, 3.8) is 0 Å². The molecule has 1 spiro atoms. The summed E-state index contributed by atoms with van der Waals surface area (Å²) in [7, 11) is -4.09. The van der Waals surface area contributed by atoms with E-state index in [1.54, 1.807) is 32.0 Å².